The van der Waals surface area contributed by atoms with E-state index in [0.717, 1.165) is 17.0 Å². The van der Waals surface area contributed by atoms with Gasteiger partial charge in [0.15, 0.2) is 0 Å². The Bertz CT molecular complexity index is 719. The summed E-state index contributed by atoms with van der Waals surface area (Å²) in [7, 11) is 1.86. The molecule has 1 N–H and O–H groups in total. The third-order valence-electron chi connectivity index (χ3n) is 4.36. The second-order valence-electron chi connectivity index (χ2n) is 6.58. The van der Waals surface area contributed by atoms with Crippen LogP contribution in [0, 0.1) is 12.8 Å². The molecule has 1 aliphatic rings. The highest BCUT2D eigenvalue weighted by Crippen LogP contribution is 2.31. The average molecular weight is 335 g/mol. The van der Waals surface area contributed by atoms with Crippen LogP contribution in [0.3, 0.4) is 0 Å². The van der Waals surface area contributed by atoms with Crippen molar-refractivity contribution in [3.05, 3.63) is 72.0 Å². The fourth-order valence-electron chi connectivity index (χ4n) is 2.59. The minimum Gasteiger partial charge on any atom is -0.380 e. The van der Waals surface area contributed by atoms with Crippen molar-refractivity contribution in [1.29, 1.82) is 0 Å². The minimum absolute atomic E-state index is 0.626. The molecule has 3 heteroatoms. The molecule has 0 aromatic heterocycles. The number of rotatable bonds is 9. The summed E-state index contributed by atoms with van der Waals surface area (Å²) in [4.78, 5) is 9.04. The summed E-state index contributed by atoms with van der Waals surface area (Å²) < 4.78 is 0. The van der Waals surface area contributed by atoms with Gasteiger partial charge in [0.2, 0.25) is 0 Å². The first-order valence-electron chi connectivity index (χ1n) is 8.83. The van der Waals surface area contributed by atoms with E-state index >= 15 is 0 Å². The van der Waals surface area contributed by atoms with Crippen LogP contribution in [0.5, 0.6) is 0 Å². The Kier molecular flexibility index (Phi) is 6.93. The highest BCUT2D eigenvalue weighted by molar-refractivity contribution is 5.99. The maximum absolute atomic E-state index is 4.65. The van der Waals surface area contributed by atoms with Crippen LogP contribution in [0.4, 0.5) is 0 Å². The topological polar surface area (TPSA) is 36.8 Å². The predicted molar refractivity (Wildman–Crippen MR) is 109 cm³/mol. The van der Waals surface area contributed by atoms with Crippen molar-refractivity contribution in [3.63, 3.8) is 0 Å². The van der Waals surface area contributed by atoms with E-state index in [1.54, 1.807) is 6.08 Å². The molecule has 1 aromatic carbocycles. The van der Waals surface area contributed by atoms with Crippen molar-refractivity contribution < 1.29 is 0 Å². The number of hydrogen-bond acceptors (Lipinski definition) is 3. The lowest BCUT2D eigenvalue weighted by Gasteiger charge is -2.11. The normalized spacial score (nSPS) is 15.9. The molecule has 1 fully saturated rings. The van der Waals surface area contributed by atoms with Gasteiger partial charge in [-0.25, -0.2) is 0 Å². The number of nitrogens with zero attached hydrogens (tertiary/aromatic N) is 2. The van der Waals surface area contributed by atoms with Crippen molar-refractivity contribution in [2.24, 2.45) is 15.9 Å². The van der Waals surface area contributed by atoms with Crippen LogP contribution in [0.25, 0.3) is 0 Å². The number of nitrogens with one attached hydrogen (secondary N) is 1. The first-order valence-corrected chi connectivity index (χ1v) is 8.83. The van der Waals surface area contributed by atoms with Crippen LogP contribution in [0.2, 0.25) is 0 Å². The second-order valence-corrected chi connectivity index (χ2v) is 6.58. The minimum atomic E-state index is 0.626. The van der Waals surface area contributed by atoms with Gasteiger partial charge >= 0.3 is 0 Å². The van der Waals surface area contributed by atoms with Crippen molar-refractivity contribution >= 4 is 11.4 Å². The molecule has 25 heavy (non-hydrogen) atoms. The Morgan fingerprint density at radius 1 is 1.36 bits per heavy atom. The molecule has 0 radical (unpaired) electrons. The second kappa shape index (κ2) is 9.16. The average Bonchev–Trinajstić information content (AvgIpc) is 3.44. The summed E-state index contributed by atoms with van der Waals surface area (Å²) >= 11 is 0. The van der Waals surface area contributed by atoms with Crippen LogP contribution < -0.4 is 5.32 Å². The molecule has 0 aliphatic heterocycles. The number of benzene rings is 1. The third-order valence-corrected chi connectivity index (χ3v) is 4.36. The molecule has 2 rings (SSSR count). The quantitative estimate of drug-likeness (QED) is 0.517. The summed E-state index contributed by atoms with van der Waals surface area (Å²) in [6.45, 7) is 13.5. The standard InChI is InChI=1S/C22H29N3/c1-6-21(25-14-19-9-7-8-16(2)12-19)15-24-18(4)17(3)13-22(23-5)20-10-11-20/h6-9,12-13,20,24H,1,4,10-11,14-15H2,2-3,5H3/b17-13+,23-22?,25-21?. The lowest BCUT2D eigenvalue weighted by molar-refractivity contribution is 0.932. The molecule has 1 aliphatic carbocycles. The summed E-state index contributed by atoms with van der Waals surface area (Å²) in [5, 5.41) is 3.35. The smallest absolute Gasteiger partial charge is 0.0643 e. The number of allylic oxidation sites excluding steroid dienone is 2. The van der Waals surface area contributed by atoms with E-state index in [0.29, 0.717) is 19.0 Å². The Balaban J connectivity index is 1.90. The molecule has 1 aromatic rings. The predicted octanol–water partition coefficient (Wildman–Crippen LogP) is 4.65. The SMILES string of the molecule is C=CC(CNC(=C)/C(C)=C/C(=NC)C1CC1)=NCc1cccc(C)c1. The zero-order chi connectivity index (χ0) is 18.2. The van der Waals surface area contributed by atoms with Crippen molar-refractivity contribution in [2.45, 2.75) is 33.2 Å². The van der Waals surface area contributed by atoms with E-state index in [1.165, 1.54) is 29.7 Å². The van der Waals surface area contributed by atoms with Crippen molar-refractivity contribution in [2.75, 3.05) is 13.6 Å². The molecule has 132 valence electrons. The van der Waals surface area contributed by atoms with E-state index in [-0.39, 0.29) is 0 Å². The molecular weight excluding hydrogens is 306 g/mol. The van der Waals surface area contributed by atoms with Crippen LogP contribution in [-0.2, 0) is 6.54 Å². The van der Waals surface area contributed by atoms with Gasteiger partial charge in [0.25, 0.3) is 0 Å². The first kappa shape index (κ1) is 18.9. The van der Waals surface area contributed by atoms with E-state index < -0.39 is 0 Å². The molecule has 0 spiro atoms. The molecule has 0 atom stereocenters. The number of aryl methyl sites for hydroxylation is 1. The number of aliphatic imine (C=N–C) groups is 2. The molecular formula is C22H29N3. The van der Waals surface area contributed by atoms with E-state index in [9.17, 15) is 0 Å². The molecule has 0 amide bonds. The van der Waals surface area contributed by atoms with Gasteiger partial charge in [-0.15, -0.1) is 0 Å². The largest absolute Gasteiger partial charge is 0.380 e. The molecule has 0 bridgehead atoms. The highest BCUT2D eigenvalue weighted by atomic mass is 14.9. The Morgan fingerprint density at radius 3 is 2.72 bits per heavy atom. The molecule has 3 nitrogen and oxygen atoms in total. The van der Waals surface area contributed by atoms with Gasteiger partial charge in [0.1, 0.15) is 0 Å². The van der Waals surface area contributed by atoms with Crippen LogP contribution >= 0.6 is 0 Å². The van der Waals surface area contributed by atoms with Crippen LogP contribution in [-0.4, -0.2) is 25.0 Å². The van der Waals surface area contributed by atoms with Crippen molar-refractivity contribution in [3.8, 4) is 0 Å². The Hall–Kier alpha value is -2.42. The lowest BCUT2D eigenvalue weighted by Crippen LogP contribution is -2.21. The zero-order valence-corrected chi connectivity index (χ0v) is 15.7. The zero-order valence-electron chi connectivity index (χ0n) is 15.7. The third kappa shape index (κ3) is 6.18. The van der Waals surface area contributed by atoms with Gasteiger partial charge in [-0.3, -0.25) is 9.98 Å². The van der Waals surface area contributed by atoms with E-state index in [2.05, 4.69) is 72.6 Å². The van der Waals surface area contributed by atoms with Gasteiger partial charge in [0, 0.05) is 24.4 Å². The Labute approximate surface area is 152 Å². The summed E-state index contributed by atoms with van der Waals surface area (Å²) in [6.07, 6.45) is 6.45. The monoisotopic (exact) mass is 335 g/mol. The Morgan fingerprint density at radius 2 is 2.12 bits per heavy atom. The van der Waals surface area contributed by atoms with Gasteiger partial charge in [-0.05, 0) is 50.0 Å². The van der Waals surface area contributed by atoms with Gasteiger partial charge in [-0.2, -0.15) is 0 Å². The van der Waals surface area contributed by atoms with E-state index in [1.807, 2.05) is 7.05 Å². The van der Waals surface area contributed by atoms with Gasteiger partial charge in [-0.1, -0.05) is 43.0 Å². The van der Waals surface area contributed by atoms with E-state index in [4.69, 9.17) is 0 Å². The molecule has 0 unspecified atom stereocenters. The fraction of sp³-hybridized carbons (Fsp3) is 0.364. The summed E-state index contributed by atoms with van der Waals surface area (Å²) in [6, 6.07) is 8.42. The highest BCUT2D eigenvalue weighted by Gasteiger charge is 2.25. The fourth-order valence-corrected chi connectivity index (χ4v) is 2.59. The molecule has 0 saturated heterocycles. The van der Waals surface area contributed by atoms with Gasteiger partial charge in [0.05, 0.1) is 18.8 Å². The number of hydrogen-bond donors (Lipinski definition) is 1. The summed E-state index contributed by atoms with van der Waals surface area (Å²) in [5.74, 6) is 0.646. The molecule has 1 saturated carbocycles. The van der Waals surface area contributed by atoms with Gasteiger partial charge < -0.3 is 5.32 Å². The lowest BCUT2D eigenvalue weighted by atomic mass is 10.1. The summed E-state index contributed by atoms with van der Waals surface area (Å²) in [5.41, 5.74) is 6.60. The maximum atomic E-state index is 4.65. The van der Waals surface area contributed by atoms with Crippen LogP contribution in [0.1, 0.15) is 30.9 Å². The molecule has 0 heterocycles. The van der Waals surface area contributed by atoms with Crippen molar-refractivity contribution in [1.82, 2.24) is 5.32 Å². The first-order chi connectivity index (χ1) is 12.0. The maximum Gasteiger partial charge on any atom is 0.0643 e. The van der Waals surface area contributed by atoms with Crippen LogP contribution in [0.15, 0.2) is 70.8 Å².